The Hall–Kier alpha value is -2.21. The highest BCUT2D eigenvalue weighted by molar-refractivity contribution is 7.99. The van der Waals surface area contributed by atoms with Gasteiger partial charge < -0.3 is 64.0 Å². The van der Waals surface area contributed by atoms with Gasteiger partial charge in [-0.3, -0.25) is 0 Å². The van der Waals surface area contributed by atoms with Crippen LogP contribution in [0.4, 0.5) is 0 Å². The van der Waals surface area contributed by atoms with Crippen LogP contribution in [0, 0.1) is 0 Å². The van der Waals surface area contributed by atoms with Crippen molar-refractivity contribution >= 4 is 68.4 Å². The Morgan fingerprint density at radius 3 is 1.00 bits per heavy atom. The van der Waals surface area contributed by atoms with Crippen LogP contribution < -0.4 is 52.2 Å². The van der Waals surface area contributed by atoms with Crippen LogP contribution in [-0.2, 0) is 0 Å². The Bertz CT molecular complexity index is 1350. The molecule has 14 N–H and O–H groups in total. The molecule has 0 saturated heterocycles. The molecule has 6 rings (SSSR count). The molecule has 0 bridgehead atoms. The molecule has 244 valence electrons. The van der Waals surface area contributed by atoms with Crippen molar-refractivity contribution in [1.29, 1.82) is 0 Å². The number of fused-ring (bicyclic) bond motifs is 3. The van der Waals surface area contributed by atoms with Gasteiger partial charge in [0, 0.05) is 36.9 Å². The van der Waals surface area contributed by atoms with Gasteiger partial charge in [-0.2, -0.15) is 0 Å². The summed E-state index contributed by atoms with van der Waals surface area (Å²) in [6.45, 7) is 3.09. The predicted molar refractivity (Wildman–Crippen MR) is 168 cm³/mol. The minimum absolute atomic E-state index is 0. The monoisotopic (exact) mass is 725 g/mol. The summed E-state index contributed by atoms with van der Waals surface area (Å²) in [5.74, 6) is 3.07. The van der Waals surface area contributed by atoms with Crippen molar-refractivity contribution in [3.63, 3.8) is 0 Å². The van der Waals surface area contributed by atoms with Gasteiger partial charge in [0.1, 0.15) is 0 Å². The van der Waals surface area contributed by atoms with E-state index in [9.17, 15) is 0 Å². The molecular weight excluding hydrogens is 689 g/mol. The van der Waals surface area contributed by atoms with E-state index in [1.807, 2.05) is 35.3 Å². The molecule has 6 aromatic rings. The average Bonchev–Trinajstić information content (AvgIpc) is 3.63. The SMILES string of the molecule is O.O.O.O.[Cl-].[Cl-].[Cl-].c1ccc2[nH+]c(SCCN(CCSc3[nH]c4ccccc4[nH+]3)CCSc3[nH]c4ccccc4[nH+]3)[nH]c2c1. The summed E-state index contributed by atoms with van der Waals surface area (Å²) in [5.41, 5.74) is 6.91. The predicted octanol–water partition coefficient (Wildman–Crippen LogP) is -7.74. The van der Waals surface area contributed by atoms with Gasteiger partial charge in [-0.25, -0.2) is 29.9 Å². The largest absolute Gasteiger partial charge is 1.00 e. The van der Waals surface area contributed by atoms with Crippen LogP contribution in [0.5, 0.6) is 0 Å². The third-order valence-corrected chi connectivity index (χ3v) is 8.87. The van der Waals surface area contributed by atoms with Crippen LogP contribution in [0.15, 0.2) is 88.3 Å². The lowest BCUT2D eigenvalue weighted by Crippen LogP contribution is -3.00. The Balaban J connectivity index is 0. The molecule has 0 radical (unpaired) electrons. The molecule has 0 spiro atoms. The maximum Gasteiger partial charge on any atom is 0.314 e. The van der Waals surface area contributed by atoms with Gasteiger partial charge in [0.05, 0.1) is 0 Å². The highest BCUT2D eigenvalue weighted by Gasteiger charge is 2.15. The fraction of sp³-hybridized carbons (Fsp3) is 0.222. The third kappa shape index (κ3) is 11.3. The Morgan fingerprint density at radius 2 is 0.727 bits per heavy atom. The van der Waals surface area contributed by atoms with E-state index in [1.165, 1.54) is 0 Å². The molecule has 0 aliphatic carbocycles. The highest BCUT2D eigenvalue weighted by atomic mass is 35.5. The topological polar surface area (TPSA) is 219 Å². The molecule has 0 fully saturated rings. The van der Waals surface area contributed by atoms with Crippen molar-refractivity contribution in [2.45, 2.75) is 15.5 Å². The number of aromatic nitrogens is 6. The number of aromatic amines is 6. The second-order valence-electron chi connectivity index (χ2n) is 8.76. The number of H-pyrrole nitrogens is 6. The van der Waals surface area contributed by atoms with Crippen molar-refractivity contribution < 1.29 is 74.1 Å². The normalized spacial score (nSPS) is 10.0. The van der Waals surface area contributed by atoms with Gasteiger partial charge >= 0.3 is 15.5 Å². The molecule has 11 nitrogen and oxygen atoms in total. The molecule has 0 amide bonds. The van der Waals surface area contributed by atoms with Crippen LogP contribution >= 0.6 is 35.3 Å². The summed E-state index contributed by atoms with van der Waals surface area (Å²) in [7, 11) is 0. The molecule has 44 heavy (non-hydrogen) atoms. The highest BCUT2D eigenvalue weighted by Crippen LogP contribution is 2.19. The summed E-state index contributed by atoms with van der Waals surface area (Å²) >= 11 is 5.55. The smallest absolute Gasteiger partial charge is 0.314 e. The fourth-order valence-electron chi connectivity index (χ4n) is 4.31. The lowest BCUT2D eigenvalue weighted by Gasteiger charge is -2.20. The number of benzene rings is 3. The molecular formula is C27H38Cl3N7O4S3. The number of nitrogens with one attached hydrogen (secondary N) is 6. The summed E-state index contributed by atoms with van der Waals surface area (Å²) in [6, 6.07) is 25.0. The van der Waals surface area contributed by atoms with Crippen LogP contribution in [0.1, 0.15) is 0 Å². The second kappa shape index (κ2) is 21.5. The lowest BCUT2D eigenvalue weighted by molar-refractivity contribution is -0.396. The number of rotatable bonds is 12. The number of hydrogen-bond acceptors (Lipinski definition) is 4. The van der Waals surface area contributed by atoms with Crippen molar-refractivity contribution in [2.24, 2.45) is 0 Å². The zero-order valence-corrected chi connectivity index (χ0v) is 28.2. The van der Waals surface area contributed by atoms with Crippen LogP contribution in [0.25, 0.3) is 33.1 Å². The molecule has 0 unspecified atom stereocenters. The van der Waals surface area contributed by atoms with Crippen molar-refractivity contribution in [3.8, 4) is 0 Å². The summed E-state index contributed by atoms with van der Waals surface area (Å²) in [4.78, 5) is 23.5. The van der Waals surface area contributed by atoms with Gasteiger partial charge in [-0.05, 0) is 71.7 Å². The third-order valence-electron chi connectivity index (χ3n) is 6.23. The lowest BCUT2D eigenvalue weighted by atomic mass is 10.3. The van der Waals surface area contributed by atoms with Gasteiger partial charge in [-0.15, -0.1) is 0 Å². The minimum atomic E-state index is 0. The van der Waals surface area contributed by atoms with E-state index in [-0.39, 0.29) is 59.1 Å². The first-order valence-electron chi connectivity index (χ1n) is 12.4. The molecule has 3 aromatic carbocycles. The first-order valence-corrected chi connectivity index (χ1v) is 15.4. The molecule has 17 heteroatoms. The van der Waals surface area contributed by atoms with Crippen LogP contribution in [-0.4, -0.2) is 78.6 Å². The fourth-order valence-corrected chi connectivity index (χ4v) is 7.07. The van der Waals surface area contributed by atoms with E-state index in [0.29, 0.717) is 0 Å². The molecule has 0 aliphatic heterocycles. The number of imidazole rings is 3. The molecule has 3 aromatic heterocycles. The zero-order valence-electron chi connectivity index (χ0n) is 23.5. The van der Waals surface area contributed by atoms with Gasteiger partial charge in [0.25, 0.3) is 0 Å². The molecule has 3 heterocycles. The van der Waals surface area contributed by atoms with E-state index >= 15 is 0 Å². The minimum Gasteiger partial charge on any atom is -1.00 e. The standard InChI is InChI=1S/C27H27N7S3.3ClH.4H2O/c1-2-8-20-19(7-1)28-25(29-20)35-16-13-34(14-17-36-26-30-21-9-3-4-10-22(21)31-26)15-18-37-27-32-23-11-5-6-12-24(23)33-27;;;;;;;/h1-12H,13-18H2,(H,28,29)(H,30,31)(H,32,33);3*1H;4*1H2. The number of thioether (sulfide) groups is 3. The summed E-state index contributed by atoms with van der Waals surface area (Å²) in [6.07, 6.45) is 0. The first kappa shape index (κ1) is 43.9. The summed E-state index contributed by atoms with van der Waals surface area (Å²) < 4.78 is 0. The number of nitrogens with zero attached hydrogens (tertiary/aromatic N) is 1. The van der Waals surface area contributed by atoms with Gasteiger partial charge in [0.15, 0.2) is 33.1 Å². The maximum absolute atomic E-state index is 3.49. The summed E-state index contributed by atoms with van der Waals surface area (Å²) in [5, 5.41) is 3.35. The number of para-hydroxylation sites is 6. The average molecular weight is 727 g/mol. The zero-order chi connectivity index (χ0) is 24.9. The van der Waals surface area contributed by atoms with Crippen molar-refractivity contribution in [1.82, 2.24) is 19.9 Å². The molecule has 0 aliphatic rings. The molecule has 0 saturated carbocycles. The van der Waals surface area contributed by atoms with Gasteiger partial charge in [-0.1, -0.05) is 36.4 Å². The number of halogens is 3. The van der Waals surface area contributed by atoms with E-state index in [4.69, 9.17) is 0 Å². The first-order chi connectivity index (χ1) is 18.3. The number of hydrogen-bond donors (Lipinski definition) is 3. The van der Waals surface area contributed by atoms with Crippen LogP contribution in [0.3, 0.4) is 0 Å². The van der Waals surface area contributed by atoms with E-state index in [1.54, 1.807) is 0 Å². The van der Waals surface area contributed by atoms with Crippen molar-refractivity contribution in [3.05, 3.63) is 72.8 Å². The molecule has 0 atom stereocenters. The van der Waals surface area contributed by atoms with E-state index in [0.717, 1.165) is 85.5 Å². The maximum atomic E-state index is 3.49. The van der Waals surface area contributed by atoms with Gasteiger partial charge in [0.2, 0.25) is 0 Å². The quantitative estimate of drug-likeness (QED) is 0.105. The second-order valence-corrected chi connectivity index (χ2v) is 12.1. The van der Waals surface area contributed by atoms with Crippen molar-refractivity contribution in [2.75, 3.05) is 36.9 Å². The Labute approximate surface area is 286 Å². The van der Waals surface area contributed by atoms with Crippen LogP contribution in [0.2, 0.25) is 0 Å². The Morgan fingerprint density at radius 1 is 0.455 bits per heavy atom. The van der Waals surface area contributed by atoms with E-state index in [2.05, 4.69) is 108 Å². The van der Waals surface area contributed by atoms with E-state index < -0.39 is 0 Å². The Kier molecular flexibility index (Phi) is 21.5.